The Kier molecular flexibility index (Phi) is 5.36. The molecule has 1 aromatic rings. The van der Waals surface area contributed by atoms with Crippen molar-refractivity contribution >= 4 is 17.7 Å². The SMILES string of the molecule is CC(=O)N[C@@H](CCC(N)=O)C(=O)N[C@H]1CCc2nc(C)cn2C1. The maximum absolute atomic E-state index is 12.4. The standard InChI is InChI=1S/C15H23N5O3/c1-9-7-20-8-11(3-6-14(20)17-9)19-15(23)12(18-10(2)21)4-5-13(16)22/h7,11-12H,3-6,8H2,1-2H3,(H2,16,22)(H,18,21)(H,19,23)/t11-,12-/m0/s1. The number of nitrogens with one attached hydrogen (secondary N) is 2. The first-order valence-electron chi connectivity index (χ1n) is 7.73. The van der Waals surface area contributed by atoms with E-state index in [1.165, 1.54) is 6.92 Å². The molecule has 8 heteroatoms. The normalized spacial score (nSPS) is 17.9. The maximum atomic E-state index is 12.4. The third-order valence-corrected chi connectivity index (χ3v) is 3.83. The van der Waals surface area contributed by atoms with Gasteiger partial charge in [-0.2, -0.15) is 0 Å². The highest BCUT2D eigenvalue weighted by Gasteiger charge is 2.25. The maximum Gasteiger partial charge on any atom is 0.242 e. The molecule has 0 saturated carbocycles. The summed E-state index contributed by atoms with van der Waals surface area (Å²) in [6.07, 6.45) is 3.80. The largest absolute Gasteiger partial charge is 0.370 e. The first kappa shape index (κ1) is 17.0. The van der Waals surface area contributed by atoms with Gasteiger partial charge in [-0.1, -0.05) is 0 Å². The summed E-state index contributed by atoms with van der Waals surface area (Å²) < 4.78 is 2.04. The summed E-state index contributed by atoms with van der Waals surface area (Å²) in [4.78, 5) is 39.0. The number of primary amides is 1. The number of carbonyl (C=O) groups excluding carboxylic acids is 3. The molecule has 0 unspecified atom stereocenters. The first-order chi connectivity index (χ1) is 10.8. The smallest absolute Gasteiger partial charge is 0.242 e. The summed E-state index contributed by atoms with van der Waals surface area (Å²) in [5, 5.41) is 5.51. The van der Waals surface area contributed by atoms with Gasteiger partial charge in [0.25, 0.3) is 0 Å². The molecule has 0 spiro atoms. The lowest BCUT2D eigenvalue weighted by Gasteiger charge is -2.27. The number of imidazole rings is 1. The molecule has 2 rings (SSSR count). The Labute approximate surface area is 134 Å². The molecule has 1 aromatic heterocycles. The summed E-state index contributed by atoms with van der Waals surface area (Å²) in [5.41, 5.74) is 6.08. The van der Waals surface area contributed by atoms with Crippen molar-refractivity contribution in [1.29, 1.82) is 0 Å². The van der Waals surface area contributed by atoms with Crippen LogP contribution in [0.1, 0.15) is 37.7 Å². The summed E-state index contributed by atoms with van der Waals surface area (Å²) in [7, 11) is 0. The van der Waals surface area contributed by atoms with Gasteiger partial charge in [0.2, 0.25) is 17.7 Å². The van der Waals surface area contributed by atoms with E-state index < -0.39 is 11.9 Å². The van der Waals surface area contributed by atoms with Crippen molar-refractivity contribution in [3.05, 3.63) is 17.7 Å². The highest BCUT2D eigenvalue weighted by atomic mass is 16.2. The van der Waals surface area contributed by atoms with Crippen LogP contribution in [0.3, 0.4) is 0 Å². The average molecular weight is 321 g/mol. The summed E-state index contributed by atoms with van der Waals surface area (Å²) in [5.74, 6) is -0.0676. The molecule has 1 aliphatic heterocycles. The van der Waals surface area contributed by atoms with Gasteiger partial charge in [-0.05, 0) is 19.8 Å². The lowest BCUT2D eigenvalue weighted by molar-refractivity contribution is -0.129. The Balaban J connectivity index is 1.95. The van der Waals surface area contributed by atoms with Crippen LogP contribution in [0.4, 0.5) is 0 Å². The number of nitrogens with two attached hydrogens (primary N) is 1. The van der Waals surface area contributed by atoms with E-state index in [1.54, 1.807) is 0 Å². The fraction of sp³-hybridized carbons (Fsp3) is 0.600. The lowest BCUT2D eigenvalue weighted by Crippen LogP contribution is -2.51. The summed E-state index contributed by atoms with van der Waals surface area (Å²) in [6, 6.07) is -0.764. The number of carbonyl (C=O) groups is 3. The third-order valence-electron chi connectivity index (χ3n) is 3.83. The molecule has 0 bridgehead atoms. The Hall–Kier alpha value is -2.38. The molecule has 2 atom stereocenters. The molecule has 4 N–H and O–H groups in total. The molecule has 0 aliphatic carbocycles. The Morgan fingerprint density at radius 1 is 1.48 bits per heavy atom. The van der Waals surface area contributed by atoms with E-state index in [0.717, 1.165) is 24.4 Å². The zero-order valence-corrected chi connectivity index (χ0v) is 13.5. The molecule has 3 amide bonds. The zero-order chi connectivity index (χ0) is 17.0. The molecule has 0 aromatic carbocycles. The van der Waals surface area contributed by atoms with Crippen LogP contribution in [-0.4, -0.2) is 39.4 Å². The van der Waals surface area contributed by atoms with Crippen LogP contribution in [0.15, 0.2) is 6.20 Å². The predicted octanol–water partition coefficient (Wildman–Crippen LogP) is -0.607. The first-order valence-corrected chi connectivity index (χ1v) is 7.73. The van der Waals surface area contributed by atoms with E-state index in [1.807, 2.05) is 17.7 Å². The number of hydrogen-bond donors (Lipinski definition) is 3. The van der Waals surface area contributed by atoms with Crippen molar-refractivity contribution in [3.63, 3.8) is 0 Å². The van der Waals surface area contributed by atoms with Crippen LogP contribution >= 0.6 is 0 Å². The van der Waals surface area contributed by atoms with Gasteiger partial charge in [0, 0.05) is 38.5 Å². The van der Waals surface area contributed by atoms with Gasteiger partial charge < -0.3 is 20.9 Å². The van der Waals surface area contributed by atoms with Gasteiger partial charge in [0.15, 0.2) is 0 Å². The van der Waals surface area contributed by atoms with Crippen LogP contribution in [0, 0.1) is 6.92 Å². The number of rotatable bonds is 6. The van der Waals surface area contributed by atoms with Crippen molar-refractivity contribution in [2.24, 2.45) is 5.73 Å². The van der Waals surface area contributed by atoms with Crippen LogP contribution < -0.4 is 16.4 Å². The highest BCUT2D eigenvalue weighted by Crippen LogP contribution is 2.15. The second-order valence-electron chi connectivity index (χ2n) is 5.95. The lowest BCUT2D eigenvalue weighted by atomic mass is 10.1. The monoisotopic (exact) mass is 321 g/mol. The van der Waals surface area contributed by atoms with E-state index >= 15 is 0 Å². The molecule has 0 radical (unpaired) electrons. The zero-order valence-electron chi connectivity index (χ0n) is 13.5. The third kappa shape index (κ3) is 4.80. The predicted molar refractivity (Wildman–Crippen MR) is 83.2 cm³/mol. The molecule has 8 nitrogen and oxygen atoms in total. The van der Waals surface area contributed by atoms with E-state index in [9.17, 15) is 14.4 Å². The van der Waals surface area contributed by atoms with Gasteiger partial charge >= 0.3 is 0 Å². The van der Waals surface area contributed by atoms with Crippen molar-refractivity contribution in [3.8, 4) is 0 Å². The van der Waals surface area contributed by atoms with E-state index in [0.29, 0.717) is 6.54 Å². The number of hydrogen-bond acceptors (Lipinski definition) is 4. The molecule has 126 valence electrons. The van der Waals surface area contributed by atoms with Crippen LogP contribution in [0.5, 0.6) is 0 Å². The molecule has 0 fully saturated rings. The minimum Gasteiger partial charge on any atom is -0.370 e. The Bertz CT molecular complexity index is 610. The van der Waals surface area contributed by atoms with Gasteiger partial charge in [-0.25, -0.2) is 4.98 Å². The second kappa shape index (κ2) is 7.26. The fourth-order valence-corrected chi connectivity index (χ4v) is 2.81. The van der Waals surface area contributed by atoms with Crippen molar-refractivity contribution in [2.75, 3.05) is 0 Å². The van der Waals surface area contributed by atoms with Gasteiger partial charge in [0.05, 0.1) is 5.69 Å². The van der Waals surface area contributed by atoms with Crippen molar-refractivity contribution in [2.45, 2.75) is 58.2 Å². The molecular formula is C15H23N5O3. The number of aryl methyl sites for hydroxylation is 2. The van der Waals surface area contributed by atoms with Crippen LogP contribution in [0.25, 0.3) is 0 Å². The fourth-order valence-electron chi connectivity index (χ4n) is 2.81. The molecule has 1 aliphatic rings. The number of amides is 3. The quantitative estimate of drug-likeness (QED) is 0.647. The summed E-state index contributed by atoms with van der Waals surface area (Å²) in [6.45, 7) is 3.94. The van der Waals surface area contributed by atoms with E-state index in [-0.39, 0.29) is 30.7 Å². The second-order valence-corrected chi connectivity index (χ2v) is 5.95. The minimum absolute atomic E-state index is 0.0200. The number of fused-ring (bicyclic) bond motifs is 1. The van der Waals surface area contributed by atoms with E-state index in [4.69, 9.17) is 5.73 Å². The number of nitrogens with zero attached hydrogens (tertiary/aromatic N) is 2. The Morgan fingerprint density at radius 2 is 2.22 bits per heavy atom. The van der Waals surface area contributed by atoms with Crippen LogP contribution in [-0.2, 0) is 27.3 Å². The summed E-state index contributed by atoms with van der Waals surface area (Å²) >= 11 is 0. The Morgan fingerprint density at radius 3 is 2.87 bits per heavy atom. The van der Waals surface area contributed by atoms with Crippen LogP contribution in [0.2, 0.25) is 0 Å². The van der Waals surface area contributed by atoms with Gasteiger partial charge in [0.1, 0.15) is 11.9 Å². The molecule has 0 saturated heterocycles. The molecule has 23 heavy (non-hydrogen) atoms. The minimum atomic E-state index is -0.745. The molecule has 2 heterocycles. The van der Waals surface area contributed by atoms with Gasteiger partial charge in [-0.3, -0.25) is 14.4 Å². The highest BCUT2D eigenvalue weighted by molar-refractivity contribution is 5.87. The van der Waals surface area contributed by atoms with Crippen molar-refractivity contribution in [1.82, 2.24) is 20.2 Å². The van der Waals surface area contributed by atoms with E-state index in [2.05, 4.69) is 15.6 Å². The topological polar surface area (TPSA) is 119 Å². The van der Waals surface area contributed by atoms with Crippen molar-refractivity contribution < 1.29 is 14.4 Å². The average Bonchev–Trinajstić information content (AvgIpc) is 2.82. The van der Waals surface area contributed by atoms with Gasteiger partial charge in [-0.15, -0.1) is 0 Å². The molecular weight excluding hydrogens is 298 g/mol. The number of aromatic nitrogens is 2.